The average Bonchev–Trinajstić information content (AvgIpc) is 2.52. The molecule has 0 radical (unpaired) electrons. The summed E-state index contributed by atoms with van der Waals surface area (Å²) < 4.78 is 10.9. The lowest BCUT2D eigenvalue weighted by Gasteiger charge is -2.22. The largest absolute Gasteiger partial charge is 0.493 e. The van der Waals surface area contributed by atoms with Crippen LogP contribution in [0.3, 0.4) is 0 Å². The van der Waals surface area contributed by atoms with Gasteiger partial charge in [-0.25, -0.2) is 4.79 Å². The number of carbonyl (C=O) groups excluding carboxylic acids is 1. The van der Waals surface area contributed by atoms with Crippen LogP contribution in [0.15, 0.2) is 24.3 Å². The number of carboxylic acid groups (broad SMARTS) is 1. The van der Waals surface area contributed by atoms with Gasteiger partial charge in [-0.15, -0.1) is 0 Å². The SMILES string of the molecule is COc1ccccc1OC(C)CNC(=O)N(C)CC(C)C(=O)O. The van der Waals surface area contributed by atoms with Gasteiger partial charge in [0.15, 0.2) is 11.5 Å². The molecular weight excluding hydrogens is 300 g/mol. The number of para-hydroxylation sites is 2. The summed E-state index contributed by atoms with van der Waals surface area (Å²) in [7, 11) is 3.12. The zero-order chi connectivity index (χ0) is 17.4. The minimum Gasteiger partial charge on any atom is -0.493 e. The first-order valence-electron chi connectivity index (χ1n) is 7.36. The fourth-order valence-electron chi connectivity index (χ4n) is 1.91. The van der Waals surface area contributed by atoms with Gasteiger partial charge in [0.1, 0.15) is 6.10 Å². The monoisotopic (exact) mass is 324 g/mol. The number of ether oxygens (including phenoxy) is 2. The van der Waals surface area contributed by atoms with Crippen LogP contribution in [0, 0.1) is 5.92 Å². The summed E-state index contributed by atoms with van der Waals surface area (Å²) in [5.74, 6) is -0.326. The number of carbonyl (C=O) groups is 2. The van der Waals surface area contributed by atoms with Crippen LogP contribution in [-0.4, -0.2) is 55.4 Å². The third kappa shape index (κ3) is 6.06. The lowest BCUT2D eigenvalue weighted by atomic mass is 10.2. The van der Waals surface area contributed by atoms with E-state index < -0.39 is 11.9 Å². The van der Waals surface area contributed by atoms with Crippen molar-refractivity contribution in [1.29, 1.82) is 0 Å². The zero-order valence-corrected chi connectivity index (χ0v) is 13.9. The van der Waals surface area contributed by atoms with Crippen LogP contribution in [0.4, 0.5) is 4.79 Å². The van der Waals surface area contributed by atoms with Crippen LogP contribution in [0.2, 0.25) is 0 Å². The maximum atomic E-state index is 11.9. The Bertz CT molecular complexity index is 535. The predicted octanol–water partition coefficient (Wildman–Crippen LogP) is 1.82. The number of urea groups is 1. The molecule has 0 fully saturated rings. The number of carboxylic acids is 1. The molecule has 0 saturated heterocycles. The molecule has 1 aromatic rings. The van der Waals surface area contributed by atoms with E-state index in [-0.39, 0.29) is 18.7 Å². The van der Waals surface area contributed by atoms with E-state index >= 15 is 0 Å². The lowest BCUT2D eigenvalue weighted by molar-refractivity contribution is -0.141. The summed E-state index contributed by atoms with van der Waals surface area (Å²) in [5, 5.41) is 11.6. The van der Waals surface area contributed by atoms with E-state index in [4.69, 9.17) is 14.6 Å². The molecule has 0 aliphatic heterocycles. The highest BCUT2D eigenvalue weighted by Crippen LogP contribution is 2.26. The first-order valence-corrected chi connectivity index (χ1v) is 7.36. The number of nitrogens with zero attached hydrogens (tertiary/aromatic N) is 1. The molecule has 0 bridgehead atoms. The summed E-state index contributed by atoms with van der Waals surface area (Å²) in [6.45, 7) is 3.82. The van der Waals surface area contributed by atoms with Gasteiger partial charge in [-0.3, -0.25) is 4.79 Å². The van der Waals surface area contributed by atoms with E-state index in [1.54, 1.807) is 33.2 Å². The lowest BCUT2D eigenvalue weighted by Crippen LogP contribution is -2.43. The number of nitrogens with one attached hydrogen (secondary N) is 1. The topological polar surface area (TPSA) is 88.1 Å². The number of amides is 2. The quantitative estimate of drug-likeness (QED) is 0.761. The predicted molar refractivity (Wildman–Crippen MR) is 85.9 cm³/mol. The van der Waals surface area contributed by atoms with Crippen LogP contribution in [-0.2, 0) is 4.79 Å². The summed E-state index contributed by atoms with van der Waals surface area (Å²) in [5.41, 5.74) is 0. The molecule has 2 amide bonds. The minimum absolute atomic E-state index is 0.142. The second-order valence-electron chi connectivity index (χ2n) is 5.39. The summed E-state index contributed by atoms with van der Waals surface area (Å²) in [6, 6.07) is 6.93. The number of hydrogen-bond donors (Lipinski definition) is 2. The van der Waals surface area contributed by atoms with Crippen molar-refractivity contribution < 1.29 is 24.2 Å². The van der Waals surface area contributed by atoms with Crippen molar-refractivity contribution in [3.8, 4) is 11.5 Å². The van der Waals surface area contributed by atoms with Crippen molar-refractivity contribution in [2.45, 2.75) is 20.0 Å². The Hall–Kier alpha value is -2.44. The zero-order valence-electron chi connectivity index (χ0n) is 13.9. The van der Waals surface area contributed by atoms with Gasteiger partial charge in [0.05, 0.1) is 19.6 Å². The Labute approximate surface area is 136 Å². The second-order valence-corrected chi connectivity index (χ2v) is 5.39. The van der Waals surface area contributed by atoms with Crippen LogP contribution >= 0.6 is 0 Å². The molecule has 2 unspecified atom stereocenters. The van der Waals surface area contributed by atoms with E-state index in [1.807, 2.05) is 19.1 Å². The van der Waals surface area contributed by atoms with E-state index in [2.05, 4.69) is 5.32 Å². The van der Waals surface area contributed by atoms with Gasteiger partial charge in [0, 0.05) is 13.6 Å². The van der Waals surface area contributed by atoms with Crippen molar-refractivity contribution in [3.05, 3.63) is 24.3 Å². The number of benzene rings is 1. The third-order valence-corrected chi connectivity index (χ3v) is 3.25. The van der Waals surface area contributed by atoms with E-state index in [1.165, 1.54) is 4.90 Å². The molecule has 1 aromatic carbocycles. The highest BCUT2D eigenvalue weighted by Gasteiger charge is 2.18. The number of aliphatic carboxylic acids is 1. The average molecular weight is 324 g/mol. The molecule has 7 heteroatoms. The Kier molecular flexibility index (Phi) is 7.18. The van der Waals surface area contributed by atoms with Gasteiger partial charge in [-0.05, 0) is 19.1 Å². The number of rotatable bonds is 8. The van der Waals surface area contributed by atoms with Crippen molar-refractivity contribution in [2.24, 2.45) is 5.92 Å². The van der Waals surface area contributed by atoms with Gasteiger partial charge in [-0.2, -0.15) is 0 Å². The van der Waals surface area contributed by atoms with Crippen LogP contribution in [0.1, 0.15) is 13.8 Å². The van der Waals surface area contributed by atoms with Crippen molar-refractivity contribution >= 4 is 12.0 Å². The van der Waals surface area contributed by atoms with E-state index in [9.17, 15) is 9.59 Å². The molecule has 0 aliphatic rings. The van der Waals surface area contributed by atoms with E-state index in [0.29, 0.717) is 18.0 Å². The standard InChI is InChI=1S/C16H24N2O5/c1-11(15(19)20)10-18(3)16(21)17-9-12(2)23-14-8-6-5-7-13(14)22-4/h5-8,11-12H,9-10H2,1-4H3,(H,17,21)(H,19,20). The van der Waals surface area contributed by atoms with Crippen LogP contribution in [0.25, 0.3) is 0 Å². The molecule has 2 atom stereocenters. The normalized spacial score (nSPS) is 12.9. The first-order chi connectivity index (χ1) is 10.8. The van der Waals surface area contributed by atoms with Gasteiger partial charge < -0.3 is 24.8 Å². The van der Waals surface area contributed by atoms with Crippen LogP contribution in [0.5, 0.6) is 11.5 Å². The fraction of sp³-hybridized carbons (Fsp3) is 0.500. The molecule has 7 nitrogen and oxygen atoms in total. The van der Waals surface area contributed by atoms with Gasteiger partial charge in [0.25, 0.3) is 0 Å². The molecular formula is C16H24N2O5. The van der Waals surface area contributed by atoms with E-state index in [0.717, 1.165) is 0 Å². The Morgan fingerprint density at radius 1 is 1.26 bits per heavy atom. The maximum absolute atomic E-state index is 11.9. The third-order valence-electron chi connectivity index (χ3n) is 3.25. The molecule has 0 saturated carbocycles. The van der Waals surface area contributed by atoms with Crippen molar-refractivity contribution in [1.82, 2.24) is 10.2 Å². The maximum Gasteiger partial charge on any atom is 0.317 e. The number of methoxy groups -OCH3 is 1. The van der Waals surface area contributed by atoms with Gasteiger partial charge in [0.2, 0.25) is 0 Å². The molecule has 2 N–H and O–H groups in total. The Morgan fingerprint density at radius 2 is 1.87 bits per heavy atom. The van der Waals surface area contributed by atoms with Gasteiger partial charge >= 0.3 is 12.0 Å². The summed E-state index contributed by atoms with van der Waals surface area (Å²) in [6.07, 6.45) is -0.263. The molecule has 128 valence electrons. The van der Waals surface area contributed by atoms with Crippen molar-refractivity contribution in [3.63, 3.8) is 0 Å². The van der Waals surface area contributed by atoms with Gasteiger partial charge in [-0.1, -0.05) is 19.1 Å². The number of hydrogen-bond acceptors (Lipinski definition) is 4. The molecule has 1 rings (SSSR count). The first kappa shape index (κ1) is 18.6. The van der Waals surface area contributed by atoms with Crippen molar-refractivity contribution in [2.75, 3.05) is 27.2 Å². The highest BCUT2D eigenvalue weighted by molar-refractivity contribution is 5.75. The smallest absolute Gasteiger partial charge is 0.317 e. The minimum atomic E-state index is -0.933. The Morgan fingerprint density at radius 3 is 2.43 bits per heavy atom. The fourth-order valence-corrected chi connectivity index (χ4v) is 1.91. The molecule has 0 heterocycles. The summed E-state index contributed by atoms with van der Waals surface area (Å²) in [4.78, 5) is 24.1. The highest BCUT2D eigenvalue weighted by atomic mass is 16.5. The molecule has 0 aromatic heterocycles. The van der Waals surface area contributed by atoms with Crippen LogP contribution < -0.4 is 14.8 Å². The second kappa shape index (κ2) is 8.87. The molecule has 0 aliphatic carbocycles. The summed E-state index contributed by atoms with van der Waals surface area (Å²) >= 11 is 0. The molecule has 23 heavy (non-hydrogen) atoms. The Balaban J connectivity index is 2.44. The molecule has 0 spiro atoms.